The van der Waals surface area contributed by atoms with Crippen LogP contribution in [0.3, 0.4) is 0 Å². The van der Waals surface area contributed by atoms with Gasteiger partial charge in [0.25, 0.3) is 5.56 Å². The summed E-state index contributed by atoms with van der Waals surface area (Å²) in [4.78, 5) is 48.6. The van der Waals surface area contributed by atoms with Crippen molar-refractivity contribution in [3.8, 4) is 5.69 Å². The highest BCUT2D eigenvalue weighted by Gasteiger charge is 2.69. The molecule has 4 atom stereocenters. The van der Waals surface area contributed by atoms with Crippen molar-refractivity contribution >= 4 is 40.0 Å². The van der Waals surface area contributed by atoms with Gasteiger partial charge in [0.05, 0.1) is 39.1 Å². The van der Waals surface area contributed by atoms with E-state index in [2.05, 4.69) is 19.2 Å². The predicted molar refractivity (Wildman–Crippen MR) is 145 cm³/mol. The normalized spacial score (nSPS) is 25.5. The van der Waals surface area contributed by atoms with Crippen LogP contribution in [0.25, 0.3) is 16.6 Å². The molecule has 1 spiro atoms. The molecule has 4 heterocycles. The molecule has 2 saturated heterocycles. The highest BCUT2D eigenvalue weighted by Crippen LogP contribution is 2.56. The fourth-order valence-corrected chi connectivity index (χ4v) is 7.02. The van der Waals surface area contributed by atoms with Crippen molar-refractivity contribution in [2.75, 3.05) is 4.90 Å². The van der Waals surface area contributed by atoms with Gasteiger partial charge in [-0.2, -0.15) is 0 Å². The number of imide groups is 1. The molecule has 2 unspecified atom stereocenters. The molecule has 4 aromatic rings. The van der Waals surface area contributed by atoms with Gasteiger partial charge in [0.15, 0.2) is 0 Å². The maximum atomic E-state index is 14.4. The van der Waals surface area contributed by atoms with E-state index >= 15 is 0 Å². The zero-order valence-electron chi connectivity index (χ0n) is 20.9. The van der Waals surface area contributed by atoms with Crippen LogP contribution in [-0.4, -0.2) is 27.4 Å². The number of nitrogens with zero attached hydrogens (tertiary/aromatic N) is 3. The second-order valence-corrected chi connectivity index (χ2v) is 11.2. The van der Waals surface area contributed by atoms with Gasteiger partial charge in [-0.3, -0.25) is 24.3 Å². The number of rotatable bonds is 3. The molecule has 3 aliphatic heterocycles. The summed E-state index contributed by atoms with van der Waals surface area (Å²) in [5.74, 6) is -1.32. The van der Waals surface area contributed by atoms with Crippen LogP contribution < -0.4 is 15.8 Å². The quantitative estimate of drug-likeness (QED) is 0.401. The fourth-order valence-electron chi connectivity index (χ4n) is 6.80. The van der Waals surface area contributed by atoms with Crippen molar-refractivity contribution in [1.29, 1.82) is 0 Å². The number of amides is 2. The van der Waals surface area contributed by atoms with Gasteiger partial charge in [0, 0.05) is 11.6 Å². The van der Waals surface area contributed by atoms with Crippen molar-refractivity contribution in [3.05, 3.63) is 99.6 Å². The Morgan fingerprint density at radius 3 is 2.37 bits per heavy atom. The van der Waals surface area contributed by atoms with Gasteiger partial charge in [-0.25, -0.2) is 9.88 Å². The molecule has 7 nitrogen and oxygen atoms in total. The summed E-state index contributed by atoms with van der Waals surface area (Å²) >= 11 is 6.49. The molecule has 3 aromatic carbocycles. The number of hydrogen-bond donors (Lipinski definition) is 1. The van der Waals surface area contributed by atoms with E-state index in [1.165, 1.54) is 4.90 Å². The molecule has 0 bridgehead atoms. The minimum absolute atomic E-state index is 0.194. The second kappa shape index (κ2) is 8.09. The fraction of sp³-hybridized carbons (Fsp3) is 0.267. The first-order valence-electron chi connectivity index (χ1n) is 12.9. The number of aromatic nitrogens is 2. The molecule has 2 amide bonds. The molecule has 1 N–H and O–H groups in total. The van der Waals surface area contributed by atoms with Crippen LogP contribution in [0.5, 0.6) is 0 Å². The first kappa shape index (κ1) is 23.3. The van der Waals surface area contributed by atoms with E-state index in [0.29, 0.717) is 39.5 Å². The lowest BCUT2D eigenvalue weighted by Crippen LogP contribution is -2.50. The smallest absolute Gasteiger partial charge is 0.266 e. The van der Waals surface area contributed by atoms with E-state index in [4.69, 9.17) is 16.6 Å². The number of carbonyl (C=O) groups is 2. The van der Waals surface area contributed by atoms with Gasteiger partial charge in [-0.05, 0) is 42.7 Å². The third kappa shape index (κ3) is 2.88. The Balaban J connectivity index is 1.53. The first-order valence-corrected chi connectivity index (χ1v) is 13.2. The van der Waals surface area contributed by atoms with Gasteiger partial charge in [0.1, 0.15) is 11.4 Å². The van der Waals surface area contributed by atoms with E-state index < -0.39 is 17.4 Å². The van der Waals surface area contributed by atoms with Crippen molar-refractivity contribution in [2.45, 2.75) is 31.8 Å². The van der Waals surface area contributed by atoms with Crippen molar-refractivity contribution < 1.29 is 9.59 Å². The van der Waals surface area contributed by atoms with Crippen LogP contribution in [0.2, 0.25) is 5.02 Å². The summed E-state index contributed by atoms with van der Waals surface area (Å²) in [6.07, 6.45) is 0.679. The monoisotopic (exact) mass is 524 g/mol. The largest absolute Gasteiger partial charge is 0.297 e. The standard InChI is InChI=1S/C30H25ClN4O3/c1-16(2)15-21-24-25(28(38)34(27(24)37)23-14-8-5-11-19(23)31)30(33-21)18-10-4-7-13-22(18)35-26(36)17-9-3-6-12-20(17)32-29(30)35/h3-14,16,21,24-25,33H,15H2,1-2H3/t21?,24-,25+,30?/m0/s1. The summed E-state index contributed by atoms with van der Waals surface area (Å²) in [6, 6.07) is 21.4. The van der Waals surface area contributed by atoms with Gasteiger partial charge in [0.2, 0.25) is 11.8 Å². The highest BCUT2D eigenvalue weighted by atomic mass is 35.5. The molecule has 1 aromatic heterocycles. The van der Waals surface area contributed by atoms with Gasteiger partial charge >= 0.3 is 0 Å². The average Bonchev–Trinajstić information content (AvgIpc) is 3.48. The maximum absolute atomic E-state index is 14.4. The molecule has 8 heteroatoms. The van der Waals surface area contributed by atoms with E-state index in [1.807, 2.05) is 42.5 Å². The molecule has 3 aliphatic rings. The molecular formula is C30H25ClN4O3. The number of hydrogen-bond acceptors (Lipinski definition) is 5. The number of anilines is 1. The molecule has 2 fully saturated rings. The third-order valence-electron chi connectivity index (χ3n) is 8.18. The second-order valence-electron chi connectivity index (χ2n) is 10.8. The lowest BCUT2D eigenvalue weighted by Gasteiger charge is -2.32. The summed E-state index contributed by atoms with van der Waals surface area (Å²) in [5.41, 5.74) is 1.06. The minimum Gasteiger partial charge on any atom is -0.297 e. The number of para-hydroxylation sites is 3. The zero-order chi connectivity index (χ0) is 26.3. The summed E-state index contributed by atoms with van der Waals surface area (Å²) in [6.45, 7) is 4.20. The lowest BCUT2D eigenvalue weighted by molar-refractivity contribution is -0.123. The summed E-state index contributed by atoms with van der Waals surface area (Å²) < 4.78 is 1.62. The SMILES string of the molecule is CC(C)CC1NC2(c3ccccc3-n3c2nc2ccccc2c3=O)[C@H]2C(=O)N(c3ccccc3Cl)C(=O)[C@@H]12. The van der Waals surface area contributed by atoms with E-state index in [1.54, 1.807) is 34.9 Å². The third-order valence-corrected chi connectivity index (χ3v) is 8.50. The number of fused-ring (bicyclic) bond motifs is 8. The van der Waals surface area contributed by atoms with Gasteiger partial charge in [-0.1, -0.05) is 67.9 Å². The average molecular weight is 525 g/mol. The number of halogens is 1. The Kier molecular flexibility index (Phi) is 4.97. The molecule has 7 rings (SSSR count). The lowest BCUT2D eigenvalue weighted by atomic mass is 9.75. The molecule has 0 saturated carbocycles. The summed E-state index contributed by atoms with van der Waals surface area (Å²) in [7, 11) is 0. The molecule has 0 aliphatic carbocycles. The van der Waals surface area contributed by atoms with E-state index in [9.17, 15) is 14.4 Å². The van der Waals surface area contributed by atoms with Gasteiger partial charge in [-0.15, -0.1) is 0 Å². The summed E-state index contributed by atoms with van der Waals surface area (Å²) in [5, 5.41) is 4.57. The van der Waals surface area contributed by atoms with Crippen molar-refractivity contribution in [3.63, 3.8) is 0 Å². The number of benzene rings is 3. The minimum atomic E-state index is -1.15. The molecule has 190 valence electrons. The Bertz CT molecular complexity index is 1730. The molecule has 0 radical (unpaired) electrons. The van der Waals surface area contributed by atoms with Crippen molar-refractivity contribution in [1.82, 2.24) is 14.9 Å². The number of carbonyl (C=O) groups excluding carboxylic acids is 2. The van der Waals surface area contributed by atoms with Crippen LogP contribution in [0, 0.1) is 17.8 Å². The Morgan fingerprint density at radius 2 is 1.61 bits per heavy atom. The van der Waals surface area contributed by atoms with Gasteiger partial charge < -0.3 is 0 Å². The van der Waals surface area contributed by atoms with E-state index in [0.717, 1.165) is 5.56 Å². The first-order chi connectivity index (χ1) is 18.3. The van der Waals surface area contributed by atoms with Crippen LogP contribution in [0.4, 0.5) is 5.69 Å². The Hall–Kier alpha value is -3.81. The Labute approximate surface area is 224 Å². The number of nitrogens with one attached hydrogen (secondary N) is 1. The van der Waals surface area contributed by atoms with E-state index in [-0.39, 0.29) is 29.3 Å². The van der Waals surface area contributed by atoms with Crippen LogP contribution in [0.15, 0.2) is 77.6 Å². The molecule has 38 heavy (non-hydrogen) atoms. The van der Waals surface area contributed by atoms with Crippen LogP contribution >= 0.6 is 11.6 Å². The Morgan fingerprint density at radius 1 is 0.921 bits per heavy atom. The highest BCUT2D eigenvalue weighted by molar-refractivity contribution is 6.36. The topological polar surface area (TPSA) is 84.3 Å². The van der Waals surface area contributed by atoms with Crippen LogP contribution in [-0.2, 0) is 15.1 Å². The zero-order valence-corrected chi connectivity index (χ0v) is 21.6. The van der Waals surface area contributed by atoms with Crippen LogP contribution in [0.1, 0.15) is 31.7 Å². The molecular weight excluding hydrogens is 500 g/mol. The maximum Gasteiger partial charge on any atom is 0.266 e. The predicted octanol–water partition coefficient (Wildman–Crippen LogP) is 4.42. The van der Waals surface area contributed by atoms with Crippen molar-refractivity contribution in [2.24, 2.45) is 17.8 Å².